The average Bonchev–Trinajstić information content (AvgIpc) is 2.79. The number of halogens is 7. The summed E-state index contributed by atoms with van der Waals surface area (Å²) in [6.07, 6.45) is -8.83. The summed E-state index contributed by atoms with van der Waals surface area (Å²) in [5, 5.41) is 3.04. The topological polar surface area (TPSA) is 46.8 Å². The molecule has 0 bridgehead atoms. The van der Waals surface area contributed by atoms with E-state index in [4.69, 9.17) is 4.42 Å². The standard InChI is InChI=1S/C23H16F6N2O.CH3ClO/c24-22(25,26)12-30-15-6-8-17-19(10-15)32-20-11-16(31-13-23(27,28)29)7-9-18(20)21(17)14-4-2-1-3-5-14;1-3-2/h1-11,30H,12-13H2;1H3. The van der Waals surface area contributed by atoms with Gasteiger partial charge < -0.3 is 9.73 Å². The van der Waals surface area contributed by atoms with Crippen LogP contribution in [0.1, 0.15) is 0 Å². The van der Waals surface area contributed by atoms with Crippen LogP contribution < -0.4 is 10.7 Å². The normalized spacial score (nSPS) is 12.5. The van der Waals surface area contributed by atoms with Crippen LogP contribution in [0.25, 0.3) is 33.4 Å². The van der Waals surface area contributed by atoms with Crippen LogP contribution in [0, 0.1) is 0 Å². The summed E-state index contributed by atoms with van der Waals surface area (Å²) in [6.45, 7) is -2.54. The molecule has 2 aliphatic rings. The van der Waals surface area contributed by atoms with Gasteiger partial charge in [0.1, 0.15) is 24.4 Å². The molecule has 0 amide bonds. The van der Waals surface area contributed by atoms with E-state index in [9.17, 15) is 26.3 Å². The number of alkyl halides is 6. The Kier molecular flexibility index (Phi) is 8.29. The summed E-state index contributed by atoms with van der Waals surface area (Å²) < 4.78 is 85.0. The van der Waals surface area contributed by atoms with Crippen molar-refractivity contribution in [2.75, 3.05) is 25.5 Å². The van der Waals surface area contributed by atoms with Crippen molar-refractivity contribution in [3.63, 3.8) is 0 Å². The summed E-state index contributed by atoms with van der Waals surface area (Å²) in [7, 11) is 1.39. The summed E-state index contributed by atoms with van der Waals surface area (Å²) >= 11 is 4.50. The Bertz CT molecular complexity index is 1300. The number of benzene rings is 3. The highest BCUT2D eigenvalue weighted by atomic mass is 35.5. The van der Waals surface area contributed by atoms with Gasteiger partial charge in [0.05, 0.1) is 24.3 Å². The fourth-order valence-corrected chi connectivity index (χ4v) is 3.39. The number of nitrogens with zero attached hydrogens (tertiary/aromatic N) is 1. The minimum absolute atomic E-state index is 0.0864. The van der Waals surface area contributed by atoms with E-state index in [1.54, 1.807) is 12.1 Å². The van der Waals surface area contributed by atoms with Gasteiger partial charge in [-0.2, -0.15) is 26.3 Å². The van der Waals surface area contributed by atoms with Crippen molar-refractivity contribution in [3.05, 3.63) is 72.1 Å². The fraction of sp³-hybridized carbons (Fsp3) is 0.208. The van der Waals surface area contributed by atoms with Crippen LogP contribution in [0.15, 0.2) is 76.1 Å². The molecule has 2 aromatic carbocycles. The molecule has 0 unspecified atom stereocenters. The number of anilines is 1. The van der Waals surface area contributed by atoms with Crippen molar-refractivity contribution >= 4 is 28.5 Å². The summed E-state index contributed by atoms with van der Waals surface area (Å²) in [4.78, 5) is 3.56. The number of hydrogen-bond donors (Lipinski definition) is 1. The lowest BCUT2D eigenvalue weighted by Crippen LogP contribution is -2.21. The number of hydrogen-bond acceptors (Lipinski definition) is 4. The lowest BCUT2D eigenvalue weighted by Gasteiger charge is -2.16. The molecule has 35 heavy (non-hydrogen) atoms. The van der Waals surface area contributed by atoms with Gasteiger partial charge in [0.15, 0.2) is 0 Å². The molecule has 11 heteroatoms. The van der Waals surface area contributed by atoms with Crippen LogP contribution in [0.2, 0.25) is 0 Å². The fourth-order valence-electron chi connectivity index (χ4n) is 3.39. The van der Waals surface area contributed by atoms with Crippen LogP contribution in [-0.2, 0) is 4.29 Å². The molecule has 1 N–H and O–H groups in total. The molecule has 0 spiro atoms. The summed E-state index contributed by atoms with van der Waals surface area (Å²) in [5.74, 6) is 0.271. The van der Waals surface area contributed by atoms with Gasteiger partial charge >= 0.3 is 12.4 Å². The van der Waals surface area contributed by atoms with E-state index in [-0.39, 0.29) is 22.4 Å². The predicted octanol–water partition coefficient (Wildman–Crippen LogP) is 7.43. The lowest BCUT2D eigenvalue weighted by atomic mass is 9.93. The third-order valence-corrected chi connectivity index (χ3v) is 4.70. The molecule has 0 radical (unpaired) electrons. The second kappa shape index (κ2) is 11.0. The largest absolute Gasteiger partial charge is 0.456 e. The van der Waals surface area contributed by atoms with Crippen molar-refractivity contribution in [2.45, 2.75) is 12.4 Å². The van der Waals surface area contributed by atoms with Crippen LogP contribution in [0.3, 0.4) is 0 Å². The van der Waals surface area contributed by atoms with Crippen molar-refractivity contribution in [3.8, 4) is 22.5 Å². The monoisotopic (exact) mass is 516 g/mol. The second-order valence-corrected chi connectivity index (χ2v) is 7.60. The quantitative estimate of drug-likeness (QED) is 0.227. The van der Waals surface area contributed by atoms with Gasteiger partial charge in [-0.3, -0.25) is 9.28 Å². The molecule has 0 fully saturated rings. The Hall–Kier alpha value is -3.24. The Labute approximate surface area is 201 Å². The van der Waals surface area contributed by atoms with Crippen LogP contribution in [0.5, 0.6) is 0 Å². The summed E-state index contributed by atoms with van der Waals surface area (Å²) in [6, 6.07) is 18.4. The van der Waals surface area contributed by atoms with Gasteiger partial charge in [0.2, 0.25) is 0 Å². The first kappa shape index (κ1) is 26.4. The van der Waals surface area contributed by atoms with Crippen molar-refractivity contribution in [2.24, 2.45) is 4.99 Å². The van der Waals surface area contributed by atoms with Gasteiger partial charge in [0.25, 0.3) is 0 Å². The van der Waals surface area contributed by atoms with Crippen molar-refractivity contribution < 1.29 is 35.0 Å². The molecular weight excluding hydrogens is 498 g/mol. The maximum Gasteiger partial charge on any atom is 0.407 e. The zero-order valence-electron chi connectivity index (χ0n) is 18.2. The van der Waals surface area contributed by atoms with E-state index in [0.29, 0.717) is 10.9 Å². The molecule has 0 saturated carbocycles. The van der Waals surface area contributed by atoms with Crippen LogP contribution in [0.4, 0.5) is 32.0 Å². The van der Waals surface area contributed by atoms with Crippen molar-refractivity contribution in [1.29, 1.82) is 0 Å². The molecule has 0 saturated heterocycles. The van der Waals surface area contributed by atoms with Gasteiger partial charge in [-0.05, 0) is 29.8 Å². The first-order chi connectivity index (χ1) is 16.5. The van der Waals surface area contributed by atoms with E-state index in [0.717, 1.165) is 11.1 Å². The Morgan fingerprint density at radius 3 is 2.23 bits per heavy atom. The minimum atomic E-state index is -4.44. The molecule has 4 nitrogen and oxygen atoms in total. The third-order valence-electron chi connectivity index (χ3n) is 4.70. The van der Waals surface area contributed by atoms with E-state index in [1.165, 1.54) is 31.4 Å². The van der Waals surface area contributed by atoms with Crippen molar-refractivity contribution in [1.82, 2.24) is 0 Å². The molecule has 1 aliphatic carbocycles. The zero-order chi connectivity index (χ0) is 25.6. The van der Waals surface area contributed by atoms with E-state index < -0.39 is 25.4 Å². The molecule has 2 aromatic rings. The smallest absolute Gasteiger partial charge is 0.407 e. The van der Waals surface area contributed by atoms with Crippen LogP contribution in [-0.4, -0.2) is 32.6 Å². The number of fused-ring (bicyclic) bond motifs is 2. The lowest BCUT2D eigenvalue weighted by molar-refractivity contribution is -0.118. The Morgan fingerprint density at radius 2 is 1.60 bits per heavy atom. The molecule has 0 atom stereocenters. The minimum Gasteiger partial charge on any atom is -0.456 e. The predicted molar refractivity (Wildman–Crippen MR) is 122 cm³/mol. The molecule has 1 aliphatic heterocycles. The molecule has 4 rings (SSSR count). The van der Waals surface area contributed by atoms with Crippen LogP contribution >= 0.6 is 11.9 Å². The highest BCUT2D eigenvalue weighted by Gasteiger charge is 2.27. The Balaban J connectivity index is 0.00000108. The first-order valence-electron chi connectivity index (χ1n) is 10.1. The first-order valence-corrected chi connectivity index (χ1v) is 10.4. The number of nitrogens with one attached hydrogen (secondary N) is 1. The van der Waals surface area contributed by atoms with E-state index >= 15 is 0 Å². The van der Waals surface area contributed by atoms with Gasteiger partial charge in [-0.15, -0.1) is 0 Å². The second-order valence-electron chi connectivity index (χ2n) is 7.29. The maximum atomic E-state index is 12.6. The Morgan fingerprint density at radius 1 is 0.914 bits per heavy atom. The highest BCUT2D eigenvalue weighted by Crippen LogP contribution is 2.40. The summed E-state index contributed by atoms with van der Waals surface area (Å²) in [5.41, 5.74) is 2.72. The number of rotatable bonds is 4. The van der Waals surface area contributed by atoms with Gasteiger partial charge in [-0.25, -0.2) is 0 Å². The van der Waals surface area contributed by atoms with Gasteiger partial charge in [-0.1, -0.05) is 30.3 Å². The van der Waals surface area contributed by atoms with E-state index in [2.05, 4.69) is 26.5 Å². The SMILES string of the molecule is COCl.FC(F)(F)CN=c1ccc2c(-c3ccccc3)c3ccc(NCC(F)(F)F)cc3oc-2c1. The molecular formula is C24H19ClF6N2O2. The van der Waals surface area contributed by atoms with E-state index in [1.807, 2.05) is 30.3 Å². The molecule has 0 aromatic heterocycles. The zero-order valence-corrected chi connectivity index (χ0v) is 18.9. The average molecular weight is 517 g/mol. The maximum absolute atomic E-state index is 12.6. The third kappa shape index (κ3) is 7.37. The highest BCUT2D eigenvalue weighted by molar-refractivity contribution is 6.07. The molecule has 1 heterocycles. The van der Waals surface area contributed by atoms with Gasteiger partial charge in [0, 0.05) is 34.3 Å². The molecule has 186 valence electrons.